The van der Waals surface area contributed by atoms with Gasteiger partial charge in [0.1, 0.15) is 0 Å². The first kappa shape index (κ1) is 12.4. The molecule has 0 fully saturated rings. The number of benzene rings is 1. The van der Waals surface area contributed by atoms with Crippen LogP contribution in [0.4, 0.5) is 5.69 Å². The minimum absolute atomic E-state index is 0.291. The van der Waals surface area contributed by atoms with Crippen molar-refractivity contribution >= 4 is 5.69 Å². The fraction of sp³-hybridized carbons (Fsp3) is 0.600. The van der Waals surface area contributed by atoms with E-state index in [1.807, 2.05) is 0 Å². The molecule has 0 saturated heterocycles. The average Bonchev–Trinajstić information content (AvgIpc) is 2.65. The number of nitrogens with zero attached hydrogens (tertiary/aromatic N) is 1. The molecule has 0 aliphatic carbocycles. The number of para-hydroxylation sites is 1. The van der Waals surface area contributed by atoms with Gasteiger partial charge in [-0.2, -0.15) is 0 Å². The van der Waals surface area contributed by atoms with Crippen molar-refractivity contribution in [1.29, 1.82) is 0 Å². The van der Waals surface area contributed by atoms with Crippen LogP contribution in [0.15, 0.2) is 24.3 Å². The van der Waals surface area contributed by atoms with E-state index in [1.165, 1.54) is 17.7 Å². The van der Waals surface area contributed by atoms with E-state index in [-0.39, 0.29) is 0 Å². The summed E-state index contributed by atoms with van der Waals surface area (Å²) < 4.78 is 0. The molecule has 0 amide bonds. The fourth-order valence-electron chi connectivity index (χ4n) is 2.45. The largest absolute Gasteiger partial charge is 0.384 e. The zero-order valence-corrected chi connectivity index (χ0v) is 11.5. The van der Waals surface area contributed by atoms with Crippen LogP contribution in [0, 0.1) is 0 Å². The molecule has 2 nitrogen and oxygen atoms in total. The Kier molecular flexibility index (Phi) is 3.43. The Morgan fingerprint density at radius 1 is 1.35 bits per heavy atom. The number of hydrogen-bond acceptors (Lipinski definition) is 2. The Morgan fingerprint density at radius 3 is 2.76 bits per heavy atom. The van der Waals surface area contributed by atoms with Gasteiger partial charge >= 0.3 is 0 Å². The Hall–Kier alpha value is -1.02. The van der Waals surface area contributed by atoms with Gasteiger partial charge in [0, 0.05) is 23.7 Å². The molecule has 1 heterocycles. The summed E-state index contributed by atoms with van der Waals surface area (Å²) in [4.78, 5) is 2.42. The van der Waals surface area contributed by atoms with Crippen LogP contribution in [0.5, 0.6) is 0 Å². The summed E-state index contributed by atoms with van der Waals surface area (Å²) in [5.74, 6) is 0. The second-order valence-corrected chi connectivity index (χ2v) is 5.78. The van der Waals surface area contributed by atoms with Crippen LogP contribution in [0.25, 0.3) is 0 Å². The highest BCUT2D eigenvalue weighted by Crippen LogP contribution is 2.38. The molecule has 0 radical (unpaired) electrons. The van der Waals surface area contributed by atoms with Gasteiger partial charge in [-0.1, -0.05) is 25.1 Å². The maximum atomic E-state index is 3.53. The third kappa shape index (κ3) is 2.47. The lowest BCUT2D eigenvalue weighted by Crippen LogP contribution is -2.34. The molecule has 0 bridgehead atoms. The molecule has 1 aliphatic rings. The van der Waals surface area contributed by atoms with Crippen LogP contribution >= 0.6 is 0 Å². The molecular weight excluding hydrogens is 208 g/mol. The fourth-order valence-corrected chi connectivity index (χ4v) is 2.45. The van der Waals surface area contributed by atoms with Crippen LogP contribution in [0.1, 0.15) is 32.8 Å². The second kappa shape index (κ2) is 4.69. The molecule has 2 rings (SSSR count). The van der Waals surface area contributed by atoms with Gasteiger partial charge < -0.3 is 10.2 Å². The van der Waals surface area contributed by atoms with Gasteiger partial charge in [-0.05, 0) is 45.5 Å². The summed E-state index contributed by atoms with van der Waals surface area (Å²) in [7, 11) is 2.21. The number of fused-ring (bicyclic) bond motifs is 1. The summed E-state index contributed by atoms with van der Waals surface area (Å²) in [5.41, 5.74) is 3.10. The van der Waals surface area contributed by atoms with Crippen molar-refractivity contribution in [3.63, 3.8) is 0 Å². The molecule has 1 aromatic rings. The minimum Gasteiger partial charge on any atom is -0.384 e. The van der Waals surface area contributed by atoms with E-state index >= 15 is 0 Å². The third-order valence-electron chi connectivity index (χ3n) is 4.14. The first-order chi connectivity index (χ1) is 8.03. The van der Waals surface area contributed by atoms with Crippen molar-refractivity contribution in [3.8, 4) is 0 Å². The summed E-state index contributed by atoms with van der Waals surface area (Å²) in [6.07, 6.45) is 1.21. The van der Waals surface area contributed by atoms with Crippen LogP contribution in [-0.4, -0.2) is 31.1 Å². The Morgan fingerprint density at radius 2 is 2.06 bits per heavy atom. The van der Waals surface area contributed by atoms with E-state index in [0.717, 1.165) is 13.1 Å². The van der Waals surface area contributed by atoms with Gasteiger partial charge in [0.15, 0.2) is 0 Å². The van der Waals surface area contributed by atoms with Crippen molar-refractivity contribution in [3.05, 3.63) is 29.8 Å². The highest BCUT2D eigenvalue weighted by atomic mass is 15.1. The smallest absolute Gasteiger partial charge is 0.0379 e. The van der Waals surface area contributed by atoms with E-state index in [4.69, 9.17) is 0 Å². The van der Waals surface area contributed by atoms with Crippen LogP contribution in [0.2, 0.25) is 0 Å². The van der Waals surface area contributed by atoms with Crippen molar-refractivity contribution in [2.24, 2.45) is 0 Å². The molecule has 1 unspecified atom stereocenters. The SMILES string of the molecule is CC(C)N(C)CCC1(C)CNc2ccccc21. The Balaban J connectivity index is 2.06. The number of anilines is 1. The first-order valence-corrected chi connectivity index (χ1v) is 6.56. The molecule has 0 saturated carbocycles. The predicted octanol–water partition coefficient (Wildman–Crippen LogP) is 3.10. The molecule has 1 N–H and O–H groups in total. The number of rotatable bonds is 4. The molecule has 1 aliphatic heterocycles. The van der Waals surface area contributed by atoms with Crippen molar-refractivity contribution < 1.29 is 0 Å². The predicted molar refractivity (Wildman–Crippen MR) is 74.7 cm³/mol. The molecular formula is C15H24N2. The van der Waals surface area contributed by atoms with E-state index in [2.05, 4.69) is 62.3 Å². The Bertz CT molecular complexity index is 386. The lowest BCUT2D eigenvalue weighted by molar-refractivity contribution is 0.247. The van der Waals surface area contributed by atoms with Crippen molar-refractivity contribution in [1.82, 2.24) is 4.90 Å². The summed E-state index contributed by atoms with van der Waals surface area (Å²) in [5, 5.41) is 3.53. The quantitative estimate of drug-likeness (QED) is 0.858. The van der Waals surface area contributed by atoms with E-state index in [1.54, 1.807) is 0 Å². The molecule has 1 atom stereocenters. The van der Waals surface area contributed by atoms with Gasteiger partial charge in [0.2, 0.25) is 0 Å². The van der Waals surface area contributed by atoms with Crippen molar-refractivity contribution in [2.45, 2.75) is 38.6 Å². The highest BCUT2D eigenvalue weighted by molar-refractivity contribution is 5.59. The van der Waals surface area contributed by atoms with E-state index in [0.29, 0.717) is 11.5 Å². The van der Waals surface area contributed by atoms with Gasteiger partial charge in [-0.25, -0.2) is 0 Å². The van der Waals surface area contributed by atoms with Gasteiger partial charge in [0.25, 0.3) is 0 Å². The first-order valence-electron chi connectivity index (χ1n) is 6.56. The Labute approximate surface area is 105 Å². The van der Waals surface area contributed by atoms with Crippen LogP contribution in [-0.2, 0) is 5.41 Å². The molecule has 94 valence electrons. The van der Waals surface area contributed by atoms with Crippen LogP contribution in [0.3, 0.4) is 0 Å². The molecule has 1 aromatic carbocycles. The number of hydrogen-bond donors (Lipinski definition) is 1. The van der Waals surface area contributed by atoms with E-state index < -0.39 is 0 Å². The average molecular weight is 232 g/mol. The van der Waals surface area contributed by atoms with Crippen LogP contribution < -0.4 is 5.32 Å². The standard InChI is InChI=1S/C15H24N2/c1-12(2)17(4)10-9-15(3)11-16-14-8-6-5-7-13(14)15/h5-8,12,16H,9-11H2,1-4H3. The second-order valence-electron chi connectivity index (χ2n) is 5.78. The van der Waals surface area contributed by atoms with Gasteiger partial charge in [0.05, 0.1) is 0 Å². The third-order valence-corrected chi connectivity index (χ3v) is 4.14. The maximum Gasteiger partial charge on any atom is 0.0379 e. The van der Waals surface area contributed by atoms with Gasteiger partial charge in [-0.3, -0.25) is 0 Å². The van der Waals surface area contributed by atoms with Gasteiger partial charge in [-0.15, -0.1) is 0 Å². The lowest BCUT2D eigenvalue weighted by atomic mass is 9.81. The highest BCUT2D eigenvalue weighted by Gasteiger charge is 2.33. The molecule has 0 aromatic heterocycles. The normalized spacial score (nSPS) is 22.9. The molecule has 2 heteroatoms. The van der Waals surface area contributed by atoms with Crippen molar-refractivity contribution in [2.75, 3.05) is 25.5 Å². The molecule has 17 heavy (non-hydrogen) atoms. The topological polar surface area (TPSA) is 15.3 Å². The maximum absolute atomic E-state index is 3.53. The van der Waals surface area contributed by atoms with E-state index in [9.17, 15) is 0 Å². The number of nitrogens with one attached hydrogen (secondary N) is 1. The summed E-state index contributed by atoms with van der Waals surface area (Å²) >= 11 is 0. The lowest BCUT2D eigenvalue weighted by Gasteiger charge is -2.29. The zero-order valence-electron chi connectivity index (χ0n) is 11.5. The summed E-state index contributed by atoms with van der Waals surface area (Å²) in [6, 6.07) is 9.34. The zero-order chi connectivity index (χ0) is 12.5. The molecule has 0 spiro atoms. The monoisotopic (exact) mass is 232 g/mol. The minimum atomic E-state index is 0.291. The summed E-state index contributed by atoms with van der Waals surface area (Å²) in [6.45, 7) is 9.11.